The molecule has 1 aromatic carbocycles. The van der Waals surface area contributed by atoms with E-state index in [2.05, 4.69) is 25.9 Å². The molecule has 0 radical (unpaired) electrons. The molecule has 1 N–H and O–H groups in total. The molecule has 0 saturated heterocycles. The first-order valence-corrected chi connectivity index (χ1v) is 7.86. The standard InChI is InChI=1S/C17H19ClN2O/c1-16(2)10-8-9-17(16,3)14-13(10)15(21)20(19-14)12-7-5-4-6-11(12)18/h4-7,10,19H,8-9H2,1-3H3/t10?,17-/m0/s1. The molecule has 1 unspecified atom stereocenters. The van der Waals surface area contributed by atoms with Gasteiger partial charge in [0.1, 0.15) is 0 Å². The minimum Gasteiger partial charge on any atom is -0.294 e. The van der Waals surface area contributed by atoms with Crippen LogP contribution in [-0.2, 0) is 5.41 Å². The molecule has 2 aliphatic carbocycles. The Bertz CT molecular complexity index is 801. The molecule has 1 aromatic heterocycles. The van der Waals surface area contributed by atoms with E-state index in [9.17, 15) is 4.79 Å². The van der Waals surface area contributed by atoms with E-state index in [1.54, 1.807) is 4.68 Å². The summed E-state index contributed by atoms with van der Waals surface area (Å²) in [4.78, 5) is 12.9. The molecule has 21 heavy (non-hydrogen) atoms. The van der Waals surface area contributed by atoms with Crippen molar-refractivity contribution in [2.75, 3.05) is 0 Å². The van der Waals surface area contributed by atoms with Crippen LogP contribution < -0.4 is 5.56 Å². The fourth-order valence-electron chi connectivity index (χ4n) is 4.45. The van der Waals surface area contributed by atoms with Gasteiger partial charge < -0.3 is 0 Å². The molecule has 0 aliphatic heterocycles. The zero-order valence-electron chi connectivity index (χ0n) is 12.5. The number of benzene rings is 1. The molecule has 2 atom stereocenters. The van der Waals surface area contributed by atoms with Crippen molar-refractivity contribution in [2.24, 2.45) is 5.41 Å². The van der Waals surface area contributed by atoms with Crippen LogP contribution in [0.4, 0.5) is 0 Å². The van der Waals surface area contributed by atoms with Gasteiger partial charge in [0, 0.05) is 16.7 Å². The highest BCUT2D eigenvalue weighted by atomic mass is 35.5. The van der Waals surface area contributed by atoms with E-state index in [0.717, 1.165) is 29.8 Å². The number of H-pyrrole nitrogens is 1. The third kappa shape index (κ3) is 1.38. The summed E-state index contributed by atoms with van der Waals surface area (Å²) in [7, 11) is 0. The van der Waals surface area contributed by atoms with Crippen molar-refractivity contribution in [2.45, 2.75) is 44.9 Å². The number of rotatable bonds is 1. The average Bonchev–Trinajstić information content (AvgIpc) is 2.94. The first kappa shape index (κ1) is 13.2. The summed E-state index contributed by atoms with van der Waals surface area (Å²) in [5, 5.41) is 3.96. The lowest BCUT2D eigenvalue weighted by atomic mass is 9.70. The summed E-state index contributed by atoms with van der Waals surface area (Å²) in [5.74, 6) is 0.352. The Hall–Kier alpha value is -1.48. The van der Waals surface area contributed by atoms with Crippen LogP contribution in [0.5, 0.6) is 0 Å². The van der Waals surface area contributed by atoms with Gasteiger partial charge in [-0.2, -0.15) is 0 Å². The minimum atomic E-state index is 0.0542. The second-order valence-electron chi connectivity index (χ2n) is 7.14. The van der Waals surface area contributed by atoms with Gasteiger partial charge in [-0.15, -0.1) is 0 Å². The zero-order valence-corrected chi connectivity index (χ0v) is 13.3. The lowest BCUT2D eigenvalue weighted by Crippen LogP contribution is -2.33. The van der Waals surface area contributed by atoms with Gasteiger partial charge in [0.05, 0.1) is 10.7 Å². The molecule has 4 heteroatoms. The normalized spacial score (nSPS) is 28.9. The van der Waals surface area contributed by atoms with E-state index in [4.69, 9.17) is 11.6 Å². The van der Waals surface area contributed by atoms with Crippen molar-refractivity contribution in [3.8, 4) is 5.69 Å². The first-order chi connectivity index (χ1) is 9.88. The van der Waals surface area contributed by atoms with Crippen molar-refractivity contribution in [1.82, 2.24) is 9.78 Å². The molecule has 4 rings (SSSR count). The second kappa shape index (κ2) is 3.83. The Labute approximate surface area is 128 Å². The van der Waals surface area contributed by atoms with E-state index in [-0.39, 0.29) is 16.4 Å². The summed E-state index contributed by atoms with van der Waals surface area (Å²) in [6, 6.07) is 7.47. The topological polar surface area (TPSA) is 37.8 Å². The van der Waals surface area contributed by atoms with Crippen LogP contribution >= 0.6 is 11.6 Å². The Kier molecular flexibility index (Phi) is 2.41. The molecule has 0 spiro atoms. The number of aromatic amines is 1. The number of hydrogen-bond donors (Lipinski definition) is 1. The van der Waals surface area contributed by atoms with Gasteiger partial charge >= 0.3 is 0 Å². The fourth-order valence-corrected chi connectivity index (χ4v) is 4.67. The molecule has 2 bridgehead atoms. The number of halogens is 1. The van der Waals surface area contributed by atoms with Crippen LogP contribution in [0.25, 0.3) is 5.69 Å². The summed E-state index contributed by atoms with van der Waals surface area (Å²) in [6.45, 7) is 6.86. The maximum atomic E-state index is 12.9. The van der Waals surface area contributed by atoms with Crippen LogP contribution in [0.1, 0.15) is 50.8 Å². The van der Waals surface area contributed by atoms with Gasteiger partial charge in [-0.05, 0) is 36.3 Å². The maximum Gasteiger partial charge on any atom is 0.275 e. The van der Waals surface area contributed by atoms with E-state index >= 15 is 0 Å². The highest BCUT2D eigenvalue weighted by molar-refractivity contribution is 6.32. The quantitative estimate of drug-likeness (QED) is 0.849. The van der Waals surface area contributed by atoms with E-state index < -0.39 is 0 Å². The predicted octanol–water partition coefficient (Wildman–Crippen LogP) is 3.99. The first-order valence-electron chi connectivity index (χ1n) is 7.48. The Morgan fingerprint density at radius 3 is 2.67 bits per heavy atom. The third-order valence-electron chi connectivity index (χ3n) is 6.15. The van der Waals surface area contributed by atoms with E-state index in [1.165, 1.54) is 0 Å². The second-order valence-corrected chi connectivity index (χ2v) is 7.54. The van der Waals surface area contributed by atoms with Gasteiger partial charge in [-0.3, -0.25) is 9.89 Å². The number of hydrogen-bond acceptors (Lipinski definition) is 1. The molecule has 0 amide bonds. The van der Waals surface area contributed by atoms with Crippen LogP contribution in [0, 0.1) is 5.41 Å². The smallest absolute Gasteiger partial charge is 0.275 e. The van der Waals surface area contributed by atoms with Gasteiger partial charge in [-0.25, -0.2) is 4.68 Å². The summed E-state index contributed by atoms with van der Waals surface area (Å²) < 4.78 is 1.62. The number of aromatic nitrogens is 2. The molecule has 1 fully saturated rings. The van der Waals surface area contributed by atoms with Crippen molar-refractivity contribution in [1.29, 1.82) is 0 Å². The maximum absolute atomic E-state index is 12.9. The van der Waals surface area contributed by atoms with Gasteiger partial charge in [0.15, 0.2) is 0 Å². The monoisotopic (exact) mass is 302 g/mol. The van der Waals surface area contributed by atoms with Gasteiger partial charge in [0.25, 0.3) is 5.56 Å². The summed E-state index contributed by atoms with van der Waals surface area (Å²) in [5.41, 5.74) is 3.10. The lowest BCUT2D eigenvalue weighted by molar-refractivity contribution is 0.224. The van der Waals surface area contributed by atoms with Crippen molar-refractivity contribution in [3.63, 3.8) is 0 Å². The third-order valence-corrected chi connectivity index (χ3v) is 6.47. The van der Waals surface area contributed by atoms with Gasteiger partial charge in [-0.1, -0.05) is 44.5 Å². The SMILES string of the molecule is CC1(C)C2CC[C@@]1(C)c1[nH]n(-c3ccccc3Cl)c(=O)c12. The molecular formula is C17H19ClN2O. The molecule has 2 aromatic rings. The minimum absolute atomic E-state index is 0.0542. The summed E-state index contributed by atoms with van der Waals surface area (Å²) >= 11 is 6.25. The Morgan fingerprint density at radius 2 is 2.00 bits per heavy atom. The highest BCUT2D eigenvalue weighted by Gasteiger charge is 2.61. The van der Waals surface area contributed by atoms with Gasteiger partial charge in [0.2, 0.25) is 0 Å². The predicted molar refractivity (Wildman–Crippen MR) is 84.5 cm³/mol. The van der Waals surface area contributed by atoms with Crippen molar-refractivity contribution in [3.05, 3.63) is 50.9 Å². The molecular weight excluding hydrogens is 284 g/mol. The molecule has 110 valence electrons. The fraction of sp³-hybridized carbons (Fsp3) is 0.471. The van der Waals surface area contributed by atoms with Crippen LogP contribution in [0.3, 0.4) is 0 Å². The summed E-state index contributed by atoms with van der Waals surface area (Å²) in [6.07, 6.45) is 2.24. The molecule has 1 heterocycles. The largest absolute Gasteiger partial charge is 0.294 e. The van der Waals surface area contributed by atoms with E-state index in [0.29, 0.717) is 10.9 Å². The number of para-hydroxylation sites is 1. The molecule has 1 saturated carbocycles. The van der Waals surface area contributed by atoms with Crippen molar-refractivity contribution >= 4 is 11.6 Å². The molecule has 2 aliphatic rings. The number of nitrogens with zero attached hydrogens (tertiary/aromatic N) is 1. The zero-order chi connectivity index (χ0) is 15.0. The average molecular weight is 303 g/mol. The van der Waals surface area contributed by atoms with Crippen molar-refractivity contribution < 1.29 is 0 Å². The highest BCUT2D eigenvalue weighted by Crippen LogP contribution is 2.66. The lowest BCUT2D eigenvalue weighted by Gasteiger charge is -2.34. The van der Waals surface area contributed by atoms with E-state index in [1.807, 2.05) is 24.3 Å². The van der Waals surface area contributed by atoms with Crippen LogP contribution in [-0.4, -0.2) is 9.78 Å². The van der Waals surface area contributed by atoms with Crippen LogP contribution in [0.15, 0.2) is 29.1 Å². The molecule has 3 nitrogen and oxygen atoms in total. The number of nitrogens with one attached hydrogen (secondary N) is 1. The number of fused-ring (bicyclic) bond motifs is 5. The Balaban J connectivity index is 1.98. The Morgan fingerprint density at radius 1 is 1.29 bits per heavy atom. The van der Waals surface area contributed by atoms with Crippen LogP contribution in [0.2, 0.25) is 5.02 Å².